The lowest BCUT2D eigenvalue weighted by Gasteiger charge is -2.15. The van der Waals surface area contributed by atoms with Gasteiger partial charge in [0.15, 0.2) is 5.37 Å². The molecule has 0 saturated carbocycles. The van der Waals surface area contributed by atoms with Crippen LogP contribution in [0.15, 0.2) is 53.4 Å². The Bertz CT molecular complexity index is 942. The van der Waals surface area contributed by atoms with E-state index < -0.39 is 15.4 Å². The molecule has 25 heavy (non-hydrogen) atoms. The molecule has 0 spiro atoms. The number of hydrogen-bond donors (Lipinski definition) is 2. The Kier molecular flexibility index (Phi) is 4.55. The van der Waals surface area contributed by atoms with E-state index in [9.17, 15) is 18.0 Å². The van der Waals surface area contributed by atoms with Gasteiger partial charge in [-0.05, 0) is 60.6 Å². The van der Waals surface area contributed by atoms with Crippen molar-refractivity contribution >= 4 is 44.3 Å². The fourth-order valence-corrected chi connectivity index (χ4v) is 3.81. The second kappa shape index (κ2) is 6.51. The number of nitrogens with two attached hydrogens (primary N) is 1. The van der Waals surface area contributed by atoms with E-state index in [1.165, 1.54) is 24.3 Å². The number of benzene rings is 2. The highest BCUT2D eigenvalue weighted by molar-refractivity contribution is 8.16. The van der Waals surface area contributed by atoms with E-state index in [1.807, 2.05) is 13.0 Å². The Morgan fingerprint density at radius 2 is 1.80 bits per heavy atom. The van der Waals surface area contributed by atoms with Crippen LogP contribution < -0.4 is 15.4 Å². The Balaban J connectivity index is 1.78. The minimum atomic E-state index is -3.78. The number of thioether (sulfide) groups is 1. The lowest BCUT2D eigenvalue weighted by molar-refractivity contribution is -0.116. The molecule has 0 aliphatic carbocycles. The number of carbonyl (C=O) groups is 2. The zero-order chi connectivity index (χ0) is 18.2. The summed E-state index contributed by atoms with van der Waals surface area (Å²) < 4.78 is 22.5. The fraction of sp³-hybridized carbons (Fsp3) is 0.125. The normalized spacial score (nSPS) is 17.8. The molecule has 0 unspecified atom stereocenters. The summed E-state index contributed by atoms with van der Waals surface area (Å²) in [5.74, 6) is -0.379. The fourth-order valence-electron chi connectivity index (χ4n) is 2.39. The predicted molar refractivity (Wildman–Crippen MR) is 96.9 cm³/mol. The first kappa shape index (κ1) is 17.5. The van der Waals surface area contributed by atoms with Crippen molar-refractivity contribution in [2.75, 3.05) is 10.2 Å². The van der Waals surface area contributed by atoms with Crippen molar-refractivity contribution in [3.63, 3.8) is 0 Å². The summed E-state index contributed by atoms with van der Waals surface area (Å²) in [6.07, 6.45) is 0. The van der Waals surface area contributed by atoms with Gasteiger partial charge < -0.3 is 5.32 Å². The zero-order valence-corrected chi connectivity index (χ0v) is 14.8. The summed E-state index contributed by atoms with van der Waals surface area (Å²) in [4.78, 5) is 25.9. The molecule has 0 aromatic heterocycles. The van der Waals surface area contributed by atoms with E-state index >= 15 is 0 Å². The molecule has 1 fully saturated rings. The summed E-state index contributed by atoms with van der Waals surface area (Å²) in [6, 6.07) is 12.8. The maximum Gasteiger partial charge on any atom is 0.295 e. The van der Waals surface area contributed by atoms with Gasteiger partial charge in [-0.3, -0.25) is 9.59 Å². The van der Waals surface area contributed by atoms with Crippen molar-refractivity contribution in [3.05, 3.63) is 54.1 Å². The third-order valence-electron chi connectivity index (χ3n) is 3.59. The van der Waals surface area contributed by atoms with Crippen LogP contribution in [0.5, 0.6) is 0 Å². The molecule has 1 heterocycles. The van der Waals surface area contributed by atoms with Gasteiger partial charge in [-0.25, -0.2) is 18.5 Å². The van der Waals surface area contributed by atoms with Gasteiger partial charge in [-0.2, -0.15) is 0 Å². The molecular formula is C16H15N3O4S2. The number of anilines is 2. The molecule has 0 bridgehead atoms. The van der Waals surface area contributed by atoms with Crippen LogP contribution in [0.1, 0.15) is 5.56 Å². The van der Waals surface area contributed by atoms with Crippen LogP contribution in [0, 0.1) is 6.92 Å². The lowest BCUT2D eigenvalue weighted by atomic mass is 10.2. The number of sulfonamides is 1. The van der Waals surface area contributed by atoms with Crippen LogP contribution in [-0.4, -0.2) is 24.9 Å². The first-order valence-electron chi connectivity index (χ1n) is 7.26. The van der Waals surface area contributed by atoms with E-state index in [0.29, 0.717) is 11.4 Å². The number of amides is 2. The van der Waals surface area contributed by atoms with Crippen molar-refractivity contribution in [1.82, 2.24) is 0 Å². The van der Waals surface area contributed by atoms with Crippen molar-refractivity contribution in [2.24, 2.45) is 5.14 Å². The van der Waals surface area contributed by atoms with E-state index in [4.69, 9.17) is 5.14 Å². The minimum Gasteiger partial charge on any atom is -0.365 e. The maximum atomic E-state index is 12.6. The minimum absolute atomic E-state index is 0.0269. The van der Waals surface area contributed by atoms with Crippen LogP contribution >= 0.6 is 11.8 Å². The molecule has 2 aromatic carbocycles. The van der Waals surface area contributed by atoms with E-state index in [1.54, 1.807) is 18.2 Å². The van der Waals surface area contributed by atoms with Crippen LogP contribution in [0.25, 0.3) is 0 Å². The van der Waals surface area contributed by atoms with Crippen LogP contribution in [0.4, 0.5) is 16.2 Å². The quantitative estimate of drug-likeness (QED) is 0.846. The van der Waals surface area contributed by atoms with Gasteiger partial charge in [0.25, 0.3) is 11.1 Å². The number of hydrogen-bond acceptors (Lipinski definition) is 6. The number of carbonyl (C=O) groups excluding carboxylic acids is 2. The average Bonchev–Trinajstić information content (AvgIpc) is 2.81. The number of rotatable bonds is 4. The molecule has 2 amide bonds. The van der Waals surface area contributed by atoms with Gasteiger partial charge in [0, 0.05) is 5.69 Å². The van der Waals surface area contributed by atoms with Gasteiger partial charge in [0.1, 0.15) is 0 Å². The van der Waals surface area contributed by atoms with Crippen LogP contribution in [-0.2, 0) is 14.8 Å². The highest BCUT2D eigenvalue weighted by atomic mass is 32.2. The van der Waals surface area contributed by atoms with E-state index in [-0.39, 0.29) is 16.0 Å². The molecule has 1 aliphatic rings. The first-order valence-corrected chi connectivity index (χ1v) is 9.69. The smallest absolute Gasteiger partial charge is 0.295 e. The topological polar surface area (TPSA) is 110 Å². The van der Waals surface area contributed by atoms with Gasteiger partial charge >= 0.3 is 0 Å². The summed E-state index contributed by atoms with van der Waals surface area (Å²) >= 11 is 0.870. The molecule has 0 radical (unpaired) electrons. The number of primary sulfonamides is 1. The second-order valence-electron chi connectivity index (χ2n) is 5.49. The summed E-state index contributed by atoms with van der Waals surface area (Å²) in [5.41, 5.74) is 1.98. The SMILES string of the molecule is Cc1cccc(N2C(=O)S[C@H](Nc3ccc(S(N)(=O)=O)cc3)C2=O)c1. The predicted octanol–water partition coefficient (Wildman–Crippen LogP) is 2.28. The van der Waals surface area contributed by atoms with Gasteiger partial charge in [0.2, 0.25) is 10.0 Å². The van der Waals surface area contributed by atoms with Crippen molar-refractivity contribution in [1.29, 1.82) is 0 Å². The Labute approximate surface area is 149 Å². The summed E-state index contributed by atoms with van der Waals surface area (Å²) in [5, 5.41) is 6.83. The highest BCUT2D eigenvalue weighted by Crippen LogP contribution is 2.32. The number of aryl methyl sites for hydroxylation is 1. The Hall–Kier alpha value is -2.36. The number of imide groups is 1. The van der Waals surface area contributed by atoms with E-state index in [2.05, 4.69) is 5.32 Å². The first-order chi connectivity index (χ1) is 11.8. The molecule has 3 N–H and O–H groups in total. The molecule has 130 valence electrons. The van der Waals surface area contributed by atoms with Crippen LogP contribution in [0.3, 0.4) is 0 Å². The van der Waals surface area contributed by atoms with Crippen molar-refractivity contribution in [3.8, 4) is 0 Å². The van der Waals surface area contributed by atoms with Gasteiger partial charge in [-0.15, -0.1) is 0 Å². The largest absolute Gasteiger partial charge is 0.365 e. The molecule has 1 saturated heterocycles. The van der Waals surface area contributed by atoms with Crippen LogP contribution in [0.2, 0.25) is 0 Å². The monoisotopic (exact) mass is 377 g/mol. The van der Waals surface area contributed by atoms with Crippen molar-refractivity contribution in [2.45, 2.75) is 17.2 Å². The second-order valence-corrected chi connectivity index (χ2v) is 8.11. The third kappa shape index (κ3) is 3.68. The molecule has 9 heteroatoms. The third-order valence-corrected chi connectivity index (χ3v) is 5.46. The molecule has 7 nitrogen and oxygen atoms in total. The molecule has 1 atom stereocenters. The average molecular weight is 377 g/mol. The number of nitrogens with zero attached hydrogens (tertiary/aromatic N) is 1. The molecular weight excluding hydrogens is 362 g/mol. The van der Waals surface area contributed by atoms with Gasteiger partial charge in [-0.1, -0.05) is 12.1 Å². The highest BCUT2D eigenvalue weighted by Gasteiger charge is 2.40. The van der Waals surface area contributed by atoms with E-state index in [0.717, 1.165) is 22.2 Å². The summed E-state index contributed by atoms with van der Waals surface area (Å²) in [7, 11) is -3.78. The maximum absolute atomic E-state index is 12.6. The van der Waals surface area contributed by atoms with Crippen molar-refractivity contribution < 1.29 is 18.0 Å². The molecule has 3 rings (SSSR count). The molecule has 2 aromatic rings. The zero-order valence-electron chi connectivity index (χ0n) is 13.2. The molecule has 1 aliphatic heterocycles. The van der Waals surface area contributed by atoms with Gasteiger partial charge in [0.05, 0.1) is 10.6 Å². The Morgan fingerprint density at radius 1 is 1.12 bits per heavy atom. The lowest BCUT2D eigenvalue weighted by Crippen LogP contribution is -2.34. The Morgan fingerprint density at radius 3 is 2.40 bits per heavy atom. The standard InChI is InChI=1S/C16H15N3O4S2/c1-10-3-2-4-12(9-10)19-15(20)14(24-16(19)21)18-11-5-7-13(8-6-11)25(17,22)23/h2-9,14,18H,1H3,(H2,17,22,23)/t14-/m0/s1. The number of nitrogens with one attached hydrogen (secondary N) is 1. The summed E-state index contributed by atoms with van der Waals surface area (Å²) in [6.45, 7) is 1.88.